The highest BCUT2D eigenvalue weighted by atomic mass is 32.2. The fraction of sp³-hybridized carbons (Fsp3) is 0.143. The molecule has 0 atom stereocenters. The second-order valence-corrected chi connectivity index (χ2v) is 4.66. The lowest BCUT2D eigenvalue weighted by Crippen LogP contribution is -2.02. The number of fused-ring (bicyclic) bond motifs is 1. The zero-order chi connectivity index (χ0) is 13.0. The Kier molecular flexibility index (Phi) is 3.99. The van der Waals surface area contributed by atoms with Crippen LogP contribution in [0.15, 0.2) is 48.0 Å². The molecule has 0 saturated heterocycles. The first-order chi connectivity index (χ1) is 8.77. The monoisotopic (exact) mass is 259 g/mol. The molecular weight excluding hydrogens is 246 g/mol. The molecule has 0 aliphatic heterocycles. The number of benzene rings is 1. The number of nitrogens with zero attached hydrogens (tertiary/aromatic N) is 1. The number of pyridine rings is 1. The molecule has 0 bridgehead atoms. The summed E-state index contributed by atoms with van der Waals surface area (Å²) in [6, 6.07) is 7.38. The minimum absolute atomic E-state index is 0.340. The van der Waals surface area contributed by atoms with E-state index in [-0.39, 0.29) is 5.97 Å². The molecule has 1 aromatic heterocycles. The van der Waals surface area contributed by atoms with Crippen molar-refractivity contribution in [1.29, 1.82) is 0 Å². The molecule has 0 aliphatic rings. The molecular formula is C14H13NO2S. The predicted molar refractivity (Wildman–Crippen MR) is 74.0 cm³/mol. The third-order valence-electron chi connectivity index (χ3n) is 2.49. The topological polar surface area (TPSA) is 39.2 Å². The van der Waals surface area contributed by atoms with Gasteiger partial charge in [0.05, 0.1) is 18.2 Å². The van der Waals surface area contributed by atoms with Gasteiger partial charge in [-0.2, -0.15) is 0 Å². The summed E-state index contributed by atoms with van der Waals surface area (Å²) in [5, 5.41) is 0.818. The summed E-state index contributed by atoms with van der Waals surface area (Å²) < 4.78 is 4.78. The van der Waals surface area contributed by atoms with Crippen LogP contribution >= 0.6 is 11.8 Å². The van der Waals surface area contributed by atoms with Gasteiger partial charge in [0.2, 0.25) is 0 Å². The van der Waals surface area contributed by atoms with E-state index in [4.69, 9.17) is 4.74 Å². The second kappa shape index (κ2) is 5.69. The van der Waals surface area contributed by atoms with Gasteiger partial charge in [0.25, 0.3) is 0 Å². The van der Waals surface area contributed by atoms with E-state index < -0.39 is 0 Å². The molecule has 0 saturated carbocycles. The van der Waals surface area contributed by atoms with E-state index in [1.54, 1.807) is 24.0 Å². The molecule has 0 aliphatic carbocycles. The van der Waals surface area contributed by atoms with E-state index in [0.717, 1.165) is 21.6 Å². The molecule has 2 aromatic rings. The van der Waals surface area contributed by atoms with Gasteiger partial charge in [-0.15, -0.1) is 18.3 Å². The van der Waals surface area contributed by atoms with Crippen LogP contribution < -0.4 is 0 Å². The highest BCUT2D eigenvalue weighted by Crippen LogP contribution is 2.29. The Morgan fingerprint density at radius 2 is 2.33 bits per heavy atom. The number of ether oxygens (including phenoxy) is 1. The lowest BCUT2D eigenvalue weighted by molar-refractivity contribution is 0.0603. The fourth-order valence-electron chi connectivity index (χ4n) is 1.70. The Bertz CT molecular complexity index is 595. The smallest absolute Gasteiger partial charge is 0.338 e. The highest BCUT2D eigenvalue weighted by Gasteiger charge is 2.13. The van der Waals surface area contributed by atoms with Crippen LogP contribution in [0.25, 0.3) is 10.9 Å². The number of carbonyl (C=O) groups is 1. The molecule has 0 fully saturated rings. The van der Waals surface area contributed by atoms with Gasteiger partial charge in [-0.3, -0.25) is 4.98 Å². The van der Waals surface area contributed by atoms with E-state index in [9.17, 15) is 4.79 Å². The zero-order valence-corrected chi connectivity index (χ0v) is 10.9. The molecule has 0 spiro atoms. The van der Waals surface area contributed by atoms with Crippen molar-refractivity contribution in [2.24, 2.45) is 0 Å². The van der Waals surface area contributed by atoms with Gasteiger partial charge in [0, 0.05) is 22.2 Å². The van der Waals surface area contributed by atoms with Crippen molar-refractivity contribution in [3.63, 3.8) is 0 Å². The Morgan fingerprint density at radius 3 is 3.06 bits per heavy atom. The first kappa shape index (κ1) is 12.6. The molecule has 0 unspecified atom stereocenters. The molecule has 2 rings (SSSR count). The standard InChI is InChI=1S/C14H13NO2S/c1-3-9-18-12-7-6-11(14(16)17-2)10-5-4-8-15-13(10)12/h3-8H,1,9H2,2H3. The molecule has 0 amide bonds. The number of hydrogen-bond donors (Lipinski definition) is 0. The van der Waals surface area contributed by atoms with E-state index >= 15 is 0 Å². The molecule has 0 N–H and O–H groups in total. The predicted octanol–water partition coefficient (Wildman–Crippen LogP) is 3.30. The van der Waals surface area contributed by atoms with Gasteiger partial charge in [0.1, 0.15) is 0 Å². The number of methoxy groups -OCH3 is 1. The number of thioether (sulfide) groups is 1. The Hall–Kier alpha value is -1.81. The summed E-state index contributed by atoms with van der Waals surface area (Å²) >= 11 is 1.65. The summed E-state index contributed by atoms with van der Waals surface area (Å²) in [5.41, 5.74) is 1.37. The van der Waals surface area contributed by atoms with E-state index in [1.165, 1.54) is 7.11 Å². The Morgan fingerprint density at radius 1 is 1.50 bits per heavy atom. The van der Waals surface area contributed by atoms with Crippen molar-refractivity contribution in [2.45, 2.75) is 4.90 Å². The second-order valence-electron chi connectivity index (χ2n) is 3.60. The lowest BCUT2D eigenvalue weighted by Gasteiger charge is -2.08. The third-order valence-corrected chi connectivity index (χ3v) is 3.54. The number of esters is 1. The van der Waals surface area contributed by atoms with Crippen molar-refractivity contribution < 1.29 is 9.53 Å². The molecule has 92 valence electrons. The van der Waals surface area contributed by atoms with Gasteiger partial charge in [0.15, 0.2) is 0 Å². The van der Waals surface area contributed by atoms with Crippen LogP contribution in [0.4, 0.5) is 0 Å². The minimum atomic E-state index is -0.340. The summed E-state index contributed by atoms with van der Waals surface area (Å²) in [4.78, 5) is 17.1. The van der Waals surface area contributed by atoms with E-state index in [0.29, 0.717) is 5.56 Å². The summed E-state index contributed by atoms with van der Waals surface area (Å²) in [5.74, 6) is 0.469. The molecule has 4 heteroatoms. The van der Waals surface area contributed by atoms with Gasteiger partial charge in [-0.25, -0.2) is 4.79 Å². The van der Waals surface area contributed by atoms with Crippen molar-refractivity contribution >= 4 is 28.6 Å². The minimum Gasteiger partial charge on any atom is -0.465 e. The van der Waals surface area contributed by atoms with Crippen molar-refractivity contribution in [3.8, 4) is 0 Å². The number of rotatable bonds is 4. The summed E-state index contributed by atoms with van der Waals surface area (Å²) in [6.45, 7) is 3.70. The number of hydrogen-bond acceptors (Lipinski definition) is 4. The van der Waals surface area contributed by atoms with Crippen LogP contribution in [0.1, 0.15) is 10.4 Å². The normalized spacial score (nSPS) is 10.3. The summed E-state index contributed by atoms with van der Waals surface area (Å²) in [7, 11) is 1.38. The zero-order valence-electron chi connectivity index (χ0n) is 10.1. The first-order valence-corrected chi connectivity index (χ1v) is 6.46. The van der Waals surface area contributed by atoms with Crippen LogP contribution in [0.2, 0.25) is 0 Å². The lowest BCUT2D eigenvalue weighted by atomic mass is 10.1. The maximum absolute atomic E-state index is 11.7. The average molecular weight is 259 g/mol. The SMILES string of the molecule is C=CCSc1ccc(C(=O)OC)c2cccnc12. The fourth-order valence-corrected chi connectivity index (χ4v) is 2.46. The Labute approximate surface area is 110 Å². The molecule has 1 heterocycles. The highest BCUT2D eigenvalue weighted by molar-refractivity contribution is 7.99. The van der Waals surface area contributed by atoms with Gasteiger partial charge in [-0.1, -0.05) is 12.1 Å². The molecule has 3 nitrogen and oxygen atoms in total. The largest absolute Gasteiger partial charge is 0.465 e. The van der Waals surface area contributed by atoms with E-state index in [1.807, 2.05) is 24.3 Å². The van der Waals surface area contributed by atoms with Crippen LogP contribution in [-0.2, 0) is 4.74 Å². The maximum atomic E-state index is 11.7. The Balaban J connectivity index is 2.58. The third kappa shape index (κ3) is 2.38. The average Bonchev–Trinajstić information content (AvgIpc) is 2.43. The van der Waals surface area contributed by atoms with Gasteiger partial charge < -0.3 is 4.74 Å². The van der Waals surface area contributed by atoms with Gasteiger partial charge >= 0.3 is 5.97 Å². The van der Waals surface area contributed by atoms with Crippen molar-refractivity contribution in [3.05, 3.63) is 48.7 Å². The quantitative estimate of drug-likeness (QED) is 0.480. The van der Waals surface area contributed by atoms with Gasteiger partial charge in [-0.05, 0) is 18.2 Å². The molecule has 0 radical (unpaired) electrons. The van der Waals surface area contributed by atoms with Crippen LogP contribution in [0.5, 0.6) is 0 Å². The number of carbonyl (C=O) groups excluding carboxylic acids is 1. The van der Waals surface area contributed by atoms with E-state index in [2.05, 4.69) is 11.6 Å². The van der Waals surface area contributed by atoms with Crippen LogP contribution in [0.3, 0.4) is 0 Å². The maximum Gasteiger partial charge on any atom is 0.338 e. The van der Waals surface area contributed by atoms with Crippen LogP contribution in [0, 0.1) is 0 Å². The molecule has 1 aromatic carbocycles. The van der Waals surface area contributed by atoms with Crippen molar-refractivity contribution in [2.75, 3.05) is 12.9 Å². The summed E-state index contributed by atoms with van der Waals surface area (Å²) in [6.07, 6.45) is 3.56. The number of aromatic nitrogens is 1. The molecule has 18 heavy (non-hydrogen) atoms. The van der Waals surface area contributed by atoms with Crippen molar-refractivity contribution in [1.82, 2.24) is 4.98 Å². The van der Waals surface area contributed by atoms with Crippen LogP contribution in [-0.4, -0.2) is 23.8 Å². The first-order valence-electron chi connectivity index (χ1n) is 5.47.